The third-order valence-electron chi connectivity index (χ3n) is 2.98. The molecular weight excluding hydrogens is 256 g/mol. The number of hydrogen-bond acceptors (Lipinski definition) is 4. The molecule has 1 amide bonds. The fraction of sp³-hybridized carbons (Fsp3) is 0.417. The molecule has 98 valence electrons. The van der Waals surface area contributed by atoms with Gasteiger partial charge >= 0.3 is 0 Å². The Labute approximate surface area is 110 Å². The second-order valence-corrected chi connectivity index (χ2v) is 4.50. The summed E-state index contributed by atoms with van der Waals surface area (Å²) in [7, 11) is 0. The number of primary amides is 1. The topological polar surface area (TPSA) is 75.8 Å². The van der Waals surface area contributed by atoms with Crippen molar-refractivity contribution in [3.8, 4) is 0 Å². The van der Waals surface area contributed by atoms with Gasteiger partial charge in [-0.3, -0.25) is 4.79 Å². The summed E-state index contributed by atoms with van der Waals surface area (Å²) in [4.78, 5) is 13.2. The summed E-state index contributed by atoms with van der Waals surface area (Å²) in [5.41, 5.74) is 6.71. The summed E-state index contributed by atoms with van der Waals surface area (Å²) in [6.07, 6.45) is 0. The molecule has 0 aromatic heterocycles. The van der Waals surface area contributed by atoms with Crippen molar-refractivity contribution in [2.75, 3.05) is 24.7 Å². The van der Waals surface area contributed by atoms with E-state index in [9.17, 15) is 9.90 Å². The summed E-state index contributed by atoms with van der Waals surface area (Å²) >= 11 is 6.17. The minimum Gasteiger partial charge on any atom is -0.392 e. The lowest BCUT2D eigenvalue weighted by atomic mass is 10.1. The van der Waals surface area contributed by atoms with E-state index in [1.165, 1.54) is 0 Å². The van der Waals surface area contributed by atoms with Crippen molar-refractivity contribution < 1.29 is 14.6 Å². The number of rotatable bonds is 3. The zero-order chi connectivity index (χ0) is 13.1. The van der Waals surface area contributed by atoms with E-state index in [1.54, 1.807) is 23.1 Å². The molecule has 1 aliphatic rings. The Morgan fingerprint density at radius 3 is 3.06 bits per heavy atom. The summed E-state index contributed by atoms with van der Waals surface area (Å²) < 4.78 is 5.26. The molecule has 0 bridgehead atoms. The van der Waals surface area contributed by atoms with Crippen LogP contribution in [0.5, 0.6) is 0 Å². The first kappa shape index (κ1) is 13.1. The van der Waals surface area contributed by atoms with Gasteiger partial charge in [0.25, 0.3) is 0 Å². The van der Waals surface area contributed by atoms with Gasteiger partial charge in [-0.05, 0) is 6.07 Å². The standard InChI is InChI=1S/C12H15ClN2O3/c13-9-3-1-2-8(6-16)11(9)15-4-5-18-7-10(15)12(14)17/h1-3,10,16H,4-7H2,(H2,14,17). The van der Waals surface area contributed by atoms with Gasteiger partial charge in [0.1, 0.15) is 6.04 Å². The van der Waals surface area contributed by atoms with Gasteiger partial charge in [-0.1, -0.05) is 23.7 Å². The fourth-order valence-electron chi connectivity index (χ4n) is 2.12. The second-order valence-electron chi connectivity index (χ2n) is 4.09. The highest BCUT2D eigenvalue weighted by molar-refractivity contribution is 6.33. The number of para-hydroxylation sites is 1. The highest BCUT2D eigenvalue weighted by Crippen LogP contribution is 2.32. The van der Waals surface area contributed by atoms with Crippen LogP contribution in [0.25, 0.3) is 0 Å². The molecule has 2 rings (SSSR count). The van der Waals surface area contributed by atoms with Gasteiger partial charge in [-0.25, -0.2) is 0 Å². The zero-order valence-corrected chi connectivity index (χ0v) is 10.6. The largest absolute Gasteiger partial charge is 0.392 e. The van der Waals surface area contributed by atoms with E-state index in [1.807, 2.05) is 0 Å². The van der Waals surface area contributed by atoms with Crippen molar-refractivity contribution in [3.05, 3.63) is 28.8 Å². The third kappa shape index (κ3) is 2.43. The fourth-order valence-corrected chi connectivity index (χ4v) is 2.42. The van der Waals surface area contributed by atoms with Crippen LogP contribution in [0.1, 0.15) is 5.56 Å². The van der Waals surface area contributed by atoms with Crippen LogP contribution in [-0.4, -0.2) is 36.8 Å². The molecule has 5 nitrogen and oxygen atoms in total. The smallest absolute Gasteiger partial charge is 0.242 e. The number of aliphatic hydroxyl groups is 1. The maximum Gasteiger partial charge on any atom is 0.242 e. The Balaban J connectivity index is 2.42. The van der Waals surface area contributed by atoms with E-state index in [0.717, 1.165) is 0 Å². The zero-order valence-electron chi connectivity index (χ0n) is 9.80. The number of anilines is 1. The van der Waals surface area contributed by atoms with E-state index in [2.05, 4.69) is 0 Å². The predicted molar refractivity (Wildman–Crippen MR) is 68.5 cm³/mol. The van der Waals surface area contributed by atoms with Crippen LogP contribution in [0.4, 0.5) is 5.69 Å². The first-order valence-electron chi connectivity index (χ1n) is 5.67. The molecule has 6 heteroatoms. The molecule has 1 unspecified atom stereocenters. The number of carbonyl (C=O) groups is 1. The van der Waals surface area contributed by atoms with Crippen LogP contribution < -0.4 is 10.6 Å². The average molecular weight is 271 g/mol. The molecule has 18 heavy (non-hydrogen) atoms. The number of halogens is 1. The van der Waals surface area contributed by atoms with E-state index in [0.29, 0.717) is 29.4 Å². The maximum absolute atomic E-state index is 11.4. The Bertz CT molecular complexity index is 453. The highest BCUT2D eigenvalue weighted by atomic mass is 35.5. The average Bonchev–Trinajstić information content (AvgIpc) is 2.38. The van der Waals surface area contributed by atoms with E-state index in [-0.39, 0.29) is 13.2 Å². The molecule has 0 aliphatic carbocycles. The number of amides is 1. The second kappa shape index (κ2) is 5.56. The van der Waals surface area contributed by atoms with Crippen molar-refractivity contribution in [3.63, 3.8) is 0 Å². The number of benzene rings is 1. The van der Waals surface area contributed by atoms with Gasteiger partial charge < -0.3 is 20.5 Å². The molecule has 1 aromatic carbocycles. The highest BCUT2D eigenvalue weighted by Gasteiger charge is 2.30. The van der Waals surface area contributed by atoms with Crippen LogP contribution in [0.2, 0.25) is 5.02 Å². The number of nitrogens with zero attached hydrogens (tertiary/aromatic N) is 1. The van der Waals surface area contributed by atoms with E-state index in [4.69, 9.17) is 22.1 Å². The third-order valence-corrected chi connectivity index (χ3v) is 3.29. The van der Waals surface area contributed by atoms with Crippen molar-refractivity contribution in [1.82, 2.24) is 0 Å². The number of ether oxygens (including phenoxy) is 1. The summed E-state index contributed by atoms with van der Waals surface area (Å²) in [5, 5.41) is 9.86. The Morgan fingerprint density at radius 2 is 2.39 bits per heavy atom. The van der Waals surface area contributed by atoms with Crippen molar-refractivity contribution in [2.45, 2.75) is 12.6 Å². The molecule has 0 saturated carbocycles. The van der Waals surface area contributed by atoms with Crippen molar-refractivity contribution in [2.24, 2.45) is 5.73 Å². The number of aliphatic hydroxyl groups excluding tert-OH is 1. The quantitative estimate of drug-likeness (QED) is 0.840. The van der Waals surface area contributed by atoms with Gasteiger partial charge in [0.15, 0.2) is 0 Å². The Kier molecular flexibility index (Phi) is 4.06. The van der Waals surface area contributed by atoms with Crippen molar-refractivity contribution >= 4 is 23.2 Å². The predicted octanol–water partition coefficient (Wildman–Crippen LogP) is 0.523. The van der Waals surface area contributed by atoms with Gasteiger partial charge in [0, 0.05) is 12.1 Å². The molecule has 1 aliphatic heterocycles. The maximum atomic E-state index is 11.4. The molecule has 3 N–H and O–H groups in total. The van der Waals surface area contributed by atoms with Crippen LogP contribution in [0.15, 0.2) is 18.2 Å². The Morgan fingerprint density at radius 1 is 1.61 bits per heavy atom. The molecule has 1 heterocycles. The van der Waals surface area contributed by atoms with Gasteiger partial charge in [-0.15, -0.1) is 0 Å². The first-order valence-corrected chi connectivity index (χ1v) is 6.05. The normalized spacial score (nSPS) is 19.9. The lowest BCUT2D eigenvalue weighted by molar-refractivity contribution is -0.121. The summed E-state index contributed by atoms with van der Waals surface area (Å²) in [5.74, 6) is -0.460. The van der Waals surface area contributed by atoms with Gasteiger partial charge in [0.2, 0.25) is 5.91 Å². The minimum atomic E-state index is -0.552. The molecule has 1 aromatic rings. The number of nitrogens with two attached hydrogens (primary N) is 1. The van der Waals surface area contributed by atoms with Gasteiger partial charge in [0.05, 0.1) is 30.5 Å². The monoisotopic (exact) mass is 270 g/mol. The van der Waals surface area contributed by atoms with E-state index >= 15 is 0 Å². The Hall–Kier alpha value is -1.30. The summed E-state index contributed by atoms with van der Waals surface area (Å²) in [6.45, 7) is 1.12. The number of hydrogen-bond donors (Lipinski definition) is 2. The molecule has 1 atom stereocenters. The molecule has 1 saturated heterocycles. The number of morpholine rings is 1. The van der Waals surface area contributed by atoms with Crippen LogP contribution in [-0.2, 0) is 16.1 Å². The molecular formula is C12H15ClN2O3. The van der Waals surface area contributed by atoms with Crippen LogP contribution >= 0.6 is 11.6 Å². The number of carbonyl (C=O) groups excluding carboxylic acids is 1. The first-order chi connectivity index (χ1) is 8.65. The summed E-state index contributed by atoms with van der Waals surface area (Å²) in [6, 6.07) is 4.71. The van der Waals surface area contributed by atoms with Crippen LogP contribution in [0.3, 0.4) is 0 Å². The van der Waals surface area contributed by atoms with E-state index < -0.39 is 11.9 Å². The molecule has 0 spiro atoms. The van der Waals surface area contributed by atoms with Crippen molar-refractivity contribution in [1.29, 1.82) is 0 Å². The lowest BCUT2D eigenvalue weighted by Gasteiger charge is -2.36. The molecule has 1 fully saturated rings. The molecule has 0 radical (unpaired) electrons. The van der Waals surface area contributed by atoms with Crippen LogP contribution in [0, 0.1) is 0 Å². The SMILES string of the molecule is NC(=O)C1COCCN1c1c(Cl)cccc1CO. The minimum absolute atomic E-state index is 0.140. The van der Waals surface area contributed by atoms with Gasteiger partial charge in [-0.2, -0.15) is 0 Å². The lowest BCUT2D eigenvalue weighted by Crippen LogP contribution is -2.53.